The van der Waals surface area contributed by atoms with Crippen LogP contribution in [0.2, 0.25) is 0 Å². The molecule has 2 aliphatic rings. The predicted octanol–water partition coefficient (Wildman–Crippen LogP) is 2.61. The summed E-state index contributed by atoms with van der Waals surface area (Å²) in [7, 11) is 0. The fraction of sp³-hybridized carbons (Fsp3) is 0.167. The third kappa shape index (κ3) is 1.58. The van der Waals surface area contributed by atoms with Crippen LogP contribution >= 0.6 is 11.8 Å². The van der Waals surface area contributed by atoms with E-state index in [1.807, 2.05) is 11.8 Å². The average Bonchev–Trinajstić information content (AvgIpc) is 2.58. The minimum Gasteiger partial charge on any atom is -0.324 e. The normalized spacial score (nSPS) is 23.7. The van der Waals surface area contributed by atoms with Gasteiger partial charge in [0.05, 0.1) is 5.03 Å². The van der Waals surface area contributed by atoms with Crippen LogP contribution in [0.3, 0.4) is 0 Å². The van der Waals surface area contributed by atoms with Gasteiger partial charge in [0, 0.05) is 23.3 Å². The number of thioether (sulfide) groups is 1. The lowest BCUT2D eigenvalue weighted by molar-refractivity contribution is 0.813. The zero-order valence-corrected chi connectivity index (χ0v) is 9.08. The van der Waals surface area contributed by atoms with Crippen LogP contribution in [-0.4, -0.2) is 10.6 Å². The highest BCUT2D eigenvalue weighted by atomic mass is 32.2. The fourth-order valence-corrected chi connectivity index (χ4v) is 3.00. The summed E-state index contributed by atoms with van der Waals surface area (Å²) in [6.45, 7) is 0. The Hall–Kier alpha value is -1.19. The first-order valence-corrected chi connectivity index (χ1v) is 5.84. The van der Waals surface area contributed by atoms with Crippen LogP contribution in [0.25, 0.3) is 6.20 Å². The van der Waals surface area contributed by atoms with Gasteiger partial charge in [-0.05, 0) is 30.2 Å². The van der Waals surface area contributed by atoms with Crippen molar-refractivity contribution in [1.29, 1.82) is 0 Å². The summed E-state index contributed by atoms with van der Waals surface area (Å²) in [5.41, 5.74) is 7.22. The van der Waals surface area contributed by atoms with E-state index in [1.165, 1.54) is 15.5 Å². The average molecular weight is 216 g/mol. The van der Waals surface area contributed by atoms with Crippen molar-refractivity contribution in [1.82, 2.24) is 4.57 Å². The van der Waals surface area contributed by atoms with Gasteiger partial charge in [-0.15, -0.1) is 0 Å². The first-order chi connectivity index (χ1) is 7.33. The molecule has 1 aromatic heterocycles. The van der Waals surface area contributed by atoms with Gasteiger partial charge in [0.25, 0.3) is 0 Å². The fourth-order valence-electron chi connectivity index (χ4n) is 1.84. The summed E-state index contributed by atoms with van der Waals surface area (Å²) in [4.78, 5) is 1.37. The number of fused-ring (bicyclic) bond motifs is 1. The molecular weight excluding hydrogens is 204 g/mol. The van der Waals surface area contributed by atoms with Gasteiger partial charge in [-0.3, -0.25) is 0 Å². The molecule has 2 nitrogen and oxygen atoms in total. The molecule has 0 radical (unpaired) electrons. The highest BCUT2D eigenvalue weighted by Gasteiger charge is 2.16. The van der Waals surface area contributed by atoms with Gasteiger partial charge in [0.2, 0.25) is 0 Å². The Morgan fingerprint density at radius 3 is 3.27 bits per heavy atom. The van der Waals surface area contributed by atoms with Crippen molar-refractivity contribution in [2.75, 3.05) is 0 Å². The van der Waals surface area contributed by atoms with Gasteiger partial charge in [-0.2, -0.15) is 0 Å². The minimum atomic E-state index is 0.172. The molecular formula is C12H12N2S. The molecule has 0 saturated heterocycles. The Morgan fingerprint density at radius 2 is 2.33 bits per heavy atom. The van der Waals surface area contributed by atoms with Crippen molar-refractivity contribution < 1.29 is 0 Å². The zero-order valence-electron chi connectivity index (χ0n) is 8.26. The third-order valence-corrected chi connectivity index (χ3v) is 3.85. The van der Waals surface area contributed by atoms with Gasteiger partial charge < -0.3 is 10.3 Å². The lowest BCUT2D eigenvalue weighted by Crippen LogP contribution is -2.19. The molecule has 2 heterocycles. The molecule has 0 saturated carbocycles. The van der Waals surface area contributed by atoms with Crippen molar-refractivity contribution in [3.63, 3.8) is 0 Å². The second-order valence-corrected chi connectivity index (χ2v) is 4.89. The second-order valence-electron chi connectivity index (χ2n) is 3.78. The van der Waals surface area contributed by atoms with Crippen LogP contribution in [0.15, 0.2) is 52.1 Å². The van der Waals surface area contributed by atoms with Crippen LogP contribution in [0.5, 0.6) is 0 Å². The largest absolute Gasteiger partial charge is 0.324 e. The van der Waals surface area contributed by atoms with Gasteiger partial charge in [-0.25, -0.2) is 0 Å². The molecule has 0 bridgehead atoms. The maximum absolute atomic E-state index is 5.92. The smallest absolute Gasteiger partial charge is 0.0834 e. The molecule has 1 aliphatic carbocycles. The van der Waals surface area contributed by atoms with Crippen LogP contribution < -0.4 is 5.73 Å². The van der Waals surface area contributed by atoms with E-state index in [0.717, 1.165) is 6.42 Å². The Balaban J connectivity index is 2.04. The molecule has 0 spiro atoms. The molecule has 2 N–H and O–H groups in total. The number of rotatable bonds is 0. The molecule has 0 aromatic carbocycles. The quantitative estimate of drug-likeness (QED) is 0.722. The molecule has 3 heteroatoms. The highest BCUT2D eigenvalue weighted by molar-refractivity contribution is 8.03. The van der Waals surface area contributed by atoms with Crippen molar-refractivity contribution in [3.8, 4) is 0 Å². The molecule has 15 heavy (non-hydrogen) atoms. The molecule has 3 rings (SSSR count). The topological polar surface area (TPSA) is 30.9 Å². The predicted molar refractivity (Wildman–Crippen MR) is 64.4 cm³/mol. The van der Waals surface area contributed by atoms with Crippen LogP contribution in [0.4, 0.5) is 0 Å². The van der Waals surface area contributed by atoms with Gasteiger partial charge in [-0.1, -0.05) is 23.9 Å². The molecule has 1 aromatic rings. The minimum absolute atomic E-state index is 0.172. The van der Waals surface area contributed by atoms with Gasteiger partial charge in [0.15, 0.2) is 0 Å². The molecule has 1 aliphatic heterocycles. The van der Waals surface area contributed by atoms with E-state index >= 15 is 0 Å². The summed E-state index contributed by atoms with van der Waals surface area (Å²) in [6.07, 6.45) is 11.5. The number of nitrogens with zero attached hydrogens (tertiary/aromatic N) is 1. The summed E-state index contributed by atoms with van der Waals surface area (Å²) in [5, 5.41) is 1.26. The van der Waals surface area contributed by atoms with E-state index in [4.69, 9.17) is 5.73 Å². The number of hydrogen-bond donors (Lipinski definition) is 1. The molecule has 1 unspecified atom stereocenters. The Kier molecular flexibility index (Phi) is 2.08. The van der Waals surface area contributed by atoms with Crippen molar-refractivity contribution in [3.05, 3.63) is 47.0 Å². The highest BCUT2D eigenvalue weighted by Crippen LogP contribution is 2.37. The summed E-state index contributed by atoms with van der Waals surface area (Å²) >= 11 is 1.82. The first-order valence-electron chi connectivity index (χ1n) is 5.03. The summed E-state index contributed by atoms with van der Waals surface area (Å²) in [5.74, 6) is 0. The Labute approximate surface area is 93.2 Å². The maximum atomic E-state index is 5.92. The van der Waals surface area contributed by atoms with E-state index in [9.17, 15) is 0 Å². The number of aromatic nitrogens is 1. The number of hydrogen-bond acceptors (Lipinski definition) is 2. The van der Waals surface area contributed by atoms with E-state index in [-0.39, 0.29) is 6.04 Å². The number of nitrogens with two attached hydrogens (primary N) is 1. The van der Waals surface area contributed by atoms with Crippen molar-refractivity contribution in [2.45, 2.75) is 17.5 Å². The Morgan fingerprint density at radius 1 is 1.40 bits per heavy atom. The summed E-state index contributed by atoms with van der Waals surface area (Å²) < 4.78 is 2.14. The molecule has 76 valence electrons. The molecule has 0 fully saturated rings. The van der Waals surface area contributed by atoms with E-state index < -0.39 is 0 Å². The standard InChI is InChI=1S/C12H12N2S/c13-10-4-3-9-5-7-14-6-1-2-12(14)15-11(9)8-10/h1-7,10H,8,13H2. The number of allylic oxidation sites excluding steroid dienone is 3. The van der Waals surface area contributed by atoms with E-state index in [2.05, 4.69) is 47.3 Å². The van der Waals surface area contributed by atoms with Crippen LogP contribution in [0.1, 0.15) is 6.42 Å². The van der Waals surface area contributed by atoms with E-state index in [1.54, 1.807) is 0 Å². The SMILES string of the molecule is NC1C=CC2=C(C1)Sc1cccn1C=C2. The van der Waals surface area contributed by atoms with Crippen molar-refractivity contribution in [2.24, 2.45) is 5.73 Å². The van der Waals surface area contributed by atoms with Crippen LogP contribution in [-0.2, 0) is 0 Å². The third-order valence-electron chi connectivity index (χ3n) is 2.65. The first kappa shape index (κ1) is 9.07. The lowest BCUT2D eigenvalue weighted by atomic mass is 10.0. The molecule has 0 amide bonds. The van der Waals surface area contributed by atoms with Gasteiger partial charge in [0.1, 0.15) is 0 Å². The second kappa shape index (κ2) is 3.43. The maximum Gasteiger partial charge on any atom is 0.0834 e. The van der Waals surface area contributed by atoms with Crippen molar-refractivity contribution >= 4 is 18.0 Å². The van der Waals surface area contributed by atoms with Gasteiger partial charge >= 0.3 is 0 Å². The zero-order chi connectivity index (χ0) is 10.3. The molecule has 1 atom stereocenters. The van der Waals surface area contributed by atoms with E-state index in [0.29, 0.717) is 0 Å². The lowest BCUT2D eigenvalue weighted by Gasteiger charge is -2.16. The summed E-state index contributed by atoms with van der Waals surface area (Å²) in [6, 6.07) is 4.37. The Bertz CT molecular complexity index is 480. The van der Waals surface area contributed by atoms with Crippen LogP contribution in [0, 0.1) is 0 Å². The monoisotopic (exact) mass is 216 g/mol.